The molecule has 0 unspecified atom stereocenters. The van der Waals surface area contributed by atoms with Crippen LogP contribution in [0.2, 0.25) is 10.0 Å². The van der Waals surface area contributed by atoms with Crippen molar-refractivity contribution >= 4 is 45.0 Å². The lowest BCUT2D eigenvalue weighted by molar-refractivity contribution is -0.147. The summed E-state index contributed by atoms with van der Waals surface area (Å²) in [4.78, 5) is 26.4. The second-order valence-electron chi connectivity index (χ2n) is 5.53. The molecule has 1 heterocycles. The zero-order valence-electron chi connectivity index (χ0n) is 14.0. The molecule has 0 bridgehead atoms. The molecule has 2 rings (SSSR count). The molecule has 3 N–H and O–H groups in total. The average Bonchev–Trinajstić information content (AvgIpc) is 3.14. The van der Waals surface area contributed by atoms with E-state index in [4.69, 9.17) is 27.9 Å². The number of hydrogen-bond donors (Lipinski definition) is 3. The van der Waals surface area contributed by atoms with Crippen LogP contribution >= 0.6 is 23.2 Å². The van der Waals surface area contributed by atoms with E-state index in [9.17, 15) is 23.1 Å². The number of aliphatic hydroxyl groups excluding tert-OH is 1. The molecule has 1 aromatic carbocycles. The summed E-state index contributed by atoms with van der Waals surface area (Å²) in [6.45, 7) is 0.590. The number of carbonyl (C=O) groups is 2. The quantitative estimate of drug-likeness (QED) is 0.429. The van der Waals surface area contributed by atoms with Crippen molar-refractivity contribution in [2.45, 2.75) is 24.0 Å². The highest BCUT2D eigenvalue weighted by Gasteiger charge is 2.31. The van der Waals surface area contributed by atoms with Crippen LogP contribution in [0.15, 0.2) is 41.4 Å². The van der Waals surface area contributed by atoms with E-state index in [2.05, 4.69) is 4.98 Å². The van der Waals surface area contributed by atoms with Gasteiger partial charge in [-0.3, -0.25) is 9.59 Å². The zero-order valence-corrected chi connectivity index (χ0v) is 16.3. The lowest BCUT2D eigenvalue weighted by Crippen LogP contribution is -2.48. The third-order valence-corrected chi connectivity index (χ3v) is 5.64. The van der Waals surface area contributed by atoms with Gasteiger partial charge in [0, 0.05) is 6.20 Å². The molecule has 27 heavy (non-hydrogen) atoms. The Labute approximate surface area is 165 Å². The number of Topliss-reactive ketones (excluding diaryl/α,β-unsaturated/α-hetero) is 1. The van der Waals surface area contributed by atoms with Crippen molar-refractivity contribution in [3.63, 3.8) is 0 Å². The predicted molar refractivity (Wildman–Crippen MR) is 98.3 cm³/mol. The number of sulfonamides is 1. The second kappa shape index (κ2) is 8.85. The van der Waals surface area contributed by atoms with Gasteiger partial charge in [-0.25, -0.2) is 8.42 Å². The Kier molecular flexibility index (Phi) is 7.01. The van der Waals surface area contributed by atoms with Gasteiger partial charge in [-0.05, 0) is 37.3 Å². The molecule has 0 radical (unpaired) electrons. The standard InChI is InChI=1S/C16H16Cl2N2O6S/c1-9(21)15(16(23)26-8-14(22)13-3-2-6-19-13)20-27(24,25)10-4-5-11(17)12(18)7-10/h2-7,9,15,19-21H,8H2,1H3/t9-,15-/m1/s1. The van der Waals surface area contributed by atoms with Gasteiger partial charge in [0.2, 0.25) is 15.8 Å². The van der Waals surface area contributed by atoms with Gasteiger partial charge in [-0.2, -0.15) is 4.72 Å². The predicted octanol–water partition coefficient (Wildman–Crippen LogP) is 1.78. The van der Waals surface area contributed by atoms with Crippen LogP contribution in [0.1, 0.15) is 17.4 Å². The molecule has 1 aromatic heterocycles. The smallest absolute Gasteiger partial charge is 0.327 e. The minimum Gasteiger partial charge on any atom is -0.456 e. The van der Waals surface area contributed by atoms with E-state index >= 15 is 0 Å². The van der Waals surface area contributed by atoms with Crippen LogP contribution in [0.5, 0.6) is 0 Å². The number of carbonyl (C=O) groups excluding carboxylic acids is 2. The number of esters is 1. The van der Waals surface area contributed by atoms with Crippen molar-refractivity contribution in [3.8, 4) is 0 Å². The van der Waals surface area contributed by atoms with Crippen molar-refractivity contribution in [2.75, 3.05) is 6.61 Å². The highest BCUT2D eigenvalue weighted by molar-refractivity contribution is 7.89. The molecule has 11 heteroatoms. The maximum absolute atomic E-state index is 12.4. The fraction of sp³-hybridized carbons (Fsp3) is 0.250. The van der Waals surface area contributed by atoms with E-state index in [-0.39, 0.29) is 20.6 Å². The van der Waals surface area contributed by atoms with Gasteiger partial charge < -0.3 is 14.8 Å². The summed E-state index contributed by atoms with van der Waals surface area (Å²) in [5.74, 6) is -1.61. The van der Waals surface area contributed by atoms with Crippen LogP contribution in [0.25, 0.3) is 0 Å². The molecule has 0 saturated heterocycles. The number of ether oxygens (including phenoxy) is 1. The van der Waals surface area contributed by atoms with Crippen molar-refractivity contribution in [3.05, 3.63) is 52.3 Å². The summed E-state index contributed by atoms with van der Waals surface area (Å²) >= 11 is 11.6. The fourth-order valence-electron chi connectivity index (χ4n) is 2.03. The topological polar surface area (TPSA) is 126 Å². The number of nitrogens with one attached hydrogen (secondary N) is 2. The molecule has 0 saturated carbocycles. The van der Waals surface area contributed by atoms with E-state index in [0.717, 1.165) is 6.07 Å². The van der Waals surface area contributed by atoms with Crippen molar-refractivity contribution in [1.82, 2.24) is 9.71 Å². The minimum absolute atomic E-state index is 0.00672. The Bertz CT molecular complexity index is 928. The third-order valence-electron chi connectivity index (χ3n) is 3.46. The summed E-state index contributed by atoms with van der Waals surface area (Å²) < 4.78 is 31.7. The zero-order chi connectivity index (χ0) is 20.2. The number of H-pyrrole nitrogens is 1. The van der Waals surface area contributed by atoms with Crippen LogP contribution in [-0.2, 0) is 19.6 Å². The first-order valence-corrected chi connectivity index (χ1v) is 9.84. The van der Waals surface area contributed by atoms with Gasteiger partial charge in [-0.15, -0.1) is 0 Å². The summed E-state index contributed by atoms with van der Waals surface area (Å²) in [7, 11) is -4.22. The molecule has 0 amide bonds. The highest BCUT2D eigenvalue weighted by atomic mass is 35.5. The van der Waals surface area contributed by atoms with E-state index in [0.29, 0.717) is 0 Å². The largest absolute Gasteiger partial charge is 0.456 e. The van der Waals surface area contributed by atoms with Crippen molar-refractivity contribution < 1.29 is 27.9 Å². The summed E-state index contributed by atoms with van der Waals surface area (Å²) in [5, 5.41) is 9.94. The minimum atomic E-state index is -4.22. The van der Waals surface area contributed by atoms with Crippen LogP contribution in [0.4, 0.5) is 0 Å². The Morgan fingerprint density at radius 3 is 2.52 bits per heavy atom. The van der Waals surface area contributed by atoms with E-state index in [1.54, 1.807) is 6.07 Å². The van der Waals surface area contributed by atoms with E-state index < -0.39 is 40.5 Å². The van der Waals surface area contributed by atoms with Crippen LogP contribution < -0.4 is 4.72 Å². The molecule has 8 nitrogen and oxygen atoms in total. The first-order valence-electron chi connectivity index (χ1n) is 7.60. The molecular weight excluding hydrogens is 419 g/mol. The van der Waals surface area contributed by atoms with Gasteiger partial charge in [0.05, 0.1) is 26.7 Å². The molecule has 0 aliphatic carbocycles. The van der Waals surface area contributed by atoms with Crippen LogP contribution in [0.3, 0.4) is 0 Å². The van der Waals surface area contributed by atoms with Gasteiger partial charge in [0.15, 0.2) is 6.61 Å². The van der Waals surface area contributed by atoms with E-state index in [1.165, 1.54) is 31.3 Å². The number of halogens is 2. The molecule has 0 fully saturated rings. The number of ketones is 1. The normalized spacial score (nSPS) is 13.8. The first-order chi connectivity index (χ1) is 12.6. The van der Waals surface area contributed by atoms with Crippen LogP contribution in [0, 0.1) is 0 Å². The number of aliphatic hydroxyl groups is 1. The maximum Gasteiger partial charge on any atom is 0.327 e. The summed E-state index contributed by atoms with van der Waals surface area (Å²) in [5.41, 5.74) is 0.229. The lowest BCUT2D eigenvalue weighted by Gasteiger charge is -2.20. The molecule has 0 aliphatic rings. The number of aromatic nitrogens is 1. The SMILES string of the molecule is C[C@@H](O)[C@@H](NS(=O)(=O)c1ccc(Cl)c(Cl)c1)C(=O)OCC(=O)c1ccc[nH]1. The molecule has 2 aromatic rings. The van der Waals surface area contributed by atoms with Crippen LogP contribution in [-0.4, -0.2) is 49.0 Å². The number of hydrogen-bond acceptors (Lipinski definition) is 6. The molecule has 146 valence electrons. The second-order valence-corrected chi connectivity index (χ2v) is 8.06. The fourth-order valence-corrected chi connectivity index (χ4v) is 3.68. The molecular formula is C16H16Cl2N2O6S. The Morgan fingerprint density at radius 2 is 1.96 bits per heavy atom. The Morgan fingerprint density at radius 1 is 1.26 bits per heavy atom. The maximum atomic E-state index is 12.4. The number of aromatic amines is 1. The monoisotopic (exact) mass is 434 g/mol. The average molecular weight is 435 g/mol. The molecule has 0 spiro atoms. The van der Waals surface area contributed by atoms with Crippen molar-refractivity contribution in [2.24, 2.45) is 0 Å². The third kappa shape index (κ3) is 5.53. The van der Waals surface area contributed by atoms with Gasteiger partial charge in [-0.1, -0.05) is 23.2 Å². The van der Waals surface area contributed by atoms with Gasteiger partial charge in [0.25, 0.3) is 0 Å². The van der Waals surface area contributed by atoms with Crippen molar-refractivity contribution in [1.29, 1.82) is 0 Å². The lowest BCUT2D eigenvalue weighted by atomic mass is 10.2. The summed E-state index contributed by atoms with van der Waals surface area (Å²) in [6, 6.07) is 5.04. The Hall–Kier alpha value is -1.91. The van der Waals surface area contributed by atoms with E-state index in [1.807, 2.05) is 4.72 Å². The molecule has 0 aliphatic heterocycles. The number of benzene rings is 1. The van der Waals surface area contributed by atoms with Gasteiger partial charge in [0.1, 0.15) is 6.04 Å². The van der Waals surface area contributed by atoms with Gasteiger partial charge >= 0.3 is 5.97 Å². The number of rotatable bonds is 8. The summed E-state index contributed by atoms with van der Waals surface area (Å²) in [6.07, 6.45) is 0.106. The first kappa shape index (κ1) is 21.4. The highest BCUT2D eigenvalue weighted by Crippen LogP contribution is 2.25. The Balaban J connectivity index is 2.10. The molecule has 2 atom stereocenters.